The summed E-state index contributed by atoms with van der Waals surface area (Å²) in [5, 5.41) is 5.83. The molecule has 0 saturated carbocycles. The number of fused-ring (bicyclic) bond motifs is 2. The van der Waals surface area contributed by atoms with Gasteiger partial charge in [0.15, 0.2) is 0 Å². The molecule has 2 aliphatic rings. The molecule has 2 heterocycles. The minimum Gasteiger partial charge on any atom is -0.385 e. The Hall–Kier alpha value is -8.12. The van der Waals surface area contributed by atoms with Gasteiger partial charge in [0.1, 0.15) is 5.00 Å². The number of ether oxygens (including phenoxy) is 4. The molecule has 2 aromatic heterocycles. The van der Waals surface area contributed by atoms with Gasteiger partial charge in [0.25, 0.3) is 0 Å². The Kier molecular flexibility index (Phi) is 25.6. The molecular weight excluding hydrogens is 1110 g/mol. The highest BCUT2D eigenvalue weighted by Gasteiger charge is 2.24. The van der Waals surface area contributed by atoms with Crippen molar-refractivity contribution in [2.24, 2.45) is 0 Å². The van der Waals surface area contributed by atoms with Gasteiger partial charge in [-0.1, -0.05) is 216 Å². The molecule has 7 nitrogen and oxygen atoms in total. The summed E-state index contributed by atoms with van der Waals surface area (Å²) in [5.41, 5.74) is 13.5. The highest BCUT2D eigenvalue weighted by atomic mass is 32.1. The van der Waals surface area contributed by atoms with E-state index in [0.717, 1.165) is 67.3 Å². The Bertz CT molecular complexity index is 3760. The van der Waals surface area contributed by atoms with Gasteiger partial charge in [0, 0.05) is 77.3 Å². The number of thiophene rings is 2. The number of aryl methyl sites for hydroxylation is 1. The number of methoxy groups -OCH3 is 2. The van der Waals surface area contributed by atoms with Gasteiger partial charge < -0.3 is 33.6 Å². The molecule has 0 bridgehead atoms. The second-order valence-electron chi connectivity index (χ2n) is 20.5. The normalized spacial score (nSPS) is 14.1. The average molecular weight is 1190 g/mol. The molecule has 0 radical (unpaired) electrons. The highest BCUT2D eigenvalue weighted by molar-refractivity contribution is 7.23. The van der Waals surface area contributed by atoms with Gasteiger partial charge >= 0.3 is 0 Å². The maximum Gasteiger partial charge on any atom is 0.101 e. The standard InChI is InChI=1S/C74H73N3O4S2.2C2H6/c1-6-64(51-71-55(2)49-73(82-71)75(56(3)21-13-14-24-57-22-9-7-10-23-57)65-31-17-25-58(35-40-65)53-81-48-47-79-5)76(66-32-18-29-61(38-43-66)60-26-11-8-12-27-60)68-44-39-63-50-74(83-72(63)52-68)77(70-34-19-30-62-28-15-16-33-69(62)70)67-41-36-59(37-42-67)54-80-46-20-45-78-4;2*1-2/h6-12,14-19,21-31,33-44,49-52,65H,1,13,20,32,45-48,53-54H2,2-5H3;2*1-2H3/b24-14-,56-21+,64-51+;;. The maximum absolute atomic E-state index is 6.01. The summed E-state index contributed by atoms with van der Waals surface area (Å²) in [6.45, 7) is 20.5. The van der Waals surface area contributed by atoms with Crippen molar-refractivity contribution in [3.8, 4) is 0 Å². The van der Waals surface area contributed by atoms with E-state index in [4.69, 9.17) is 18.9 Å². The van der Waals surface area contributed by atoms with E-state index in [1.165, 1.54) is 48.8 Å². The molecule has 2 aliphatic carbocycles. The fourth-order valence-electron chi connectivity index (χ4n) is 10.4. The first-order valence-corrected chi connectivity index (χ1v) is 32.1. The van der Waals surface area contributed by atoms with Gasteiger partial charge in [-0.05, 0) is 132 Å². The fourth-order valence-corrected chi connectivity index (χ4v) is 12.7. The van der Waals surface area contributed by atoms with Gasteiger partial charge in [0.2, 0.25) is 0 Å². The van der Waals surface area contributed by atoms with Crippen LogP contribution in [-0.4, -0.2) is 53.3 Å². The third-order valence-corrected chi connectivity index (χ3v) is 16.9. The number of rotatable bonds is 26. The Balaban J connectivity index is 0.00000240. The molecule has 87 heavy (non-hydrogen) atoms. The number of benzene rings is 6. The van der Waals surface area contributed by atoms with E-state index in [9.17, 15) is 0 Å². The SMILES string of the molecule is C=C/C(=C\c1sc(N(/C(C)=C/C/C=C\c2ccccc2)C2C=CC=C(COCCOC)C=C2)cc1C)N(C1=CC=C(c2ccccc2)C=CC1)c1ccc2cc(N(c3ccc(COCCCOC)cc3)c3cccc4ccccc34)sc2c1.CC.CC. The van der Waals surface area contributed by atoms with Crippen LogP contribution in [0.5, 0.6) is 0 Å². The summed E-state index contributed by atoms with van der Waals surface area (Å²) in [6, 6.07) is 56.7. The zero-order valence-electron chi connectivity index (χ0n) is 52.0. The van der Waals surface area contributed by atoms with Crippen LogP contribution in [0.3, 0.4) is 0 Å². The van der Waals surface area contributed by atoms with E-state index in [0.29, 0.717) is 46.1 Å². The number of hydrogen-bond acceptors (Lipinski definition) is 9. The van der Waals surface area contributed by atoms with E-state index >= 15 is 0 Å². The first-order valence-electron chi connectivity index (χ1n) is 30.5. The third-order valence-electron chi connectivity index (χ3n) is 14.6. The van der Waals surface area contributed by atoms with Crippen LogP contribution in [0, 0.1) is 6.92 Å². The van der Waals surface area contributed by atoms with Crippen molar-refractivity contribution in [2.75, 3.05) is 62.0 Å². The summed E-state index contributed by atoms with van der Waals surface area (Å²) < 4.78 is 23.6. The van der Waals surface area contributed by atoms with Gasteiger partial charge in [-0.3, -0.25) is 0 Å². The lowest BCUT2D eigenvalue weighted by Gasteiger charge is -2.29. The van der Waals surface area contributed by atoms with E-state index in [1.807, 2.05) is 33.8 Å². The fraction of sp³-hybridized carbons (Fsp3) is 0.231. The number of anilines is 5. The van der Waals surface area contributed by atoms with E-state index in [1.54, 1.807) is 36.9 Å². The first kappa shape index (κ1) is 64.9. The van der Waals surface area contributed by atoms with Crippen LogP contribution in [0.15, 0.2) is 260 Å². The molecule has 0 saturated heterocycles. The first-order chi connectivity index (χ1) is 42.9. The van der Waals surface area contributed by atoms with Crippen molar-refractivity contribution < 1.29 is 18.9 Å². The zero-order valence-corrected chi connectivity index (χ0v) is 53.7. The van der Waals surface area contributed by atoms with Gasteiger partial charge in [-0.25, -0.2) is 0 Å². The van der Waals surface area contributed by atoms with Crippen LogP contribution < -0.4 is 14.7 Å². The lowest BCUT2D eigenvalue weighted by atomic mass is 10.1. The van der Waals surface area contributed by atoms with Crippen LogP contribution >= 0.6 is 22.7 Å². The summed E-state index contributed by atoms with van der Waals surface area (Å²) >= 11 is 3.61. The third kappa shape index (κ3) is 17.5. The predicted molar refractivity (Wildman–Crippen MR) is 378 cm³/mol. The maximum atomic E-state index is 6.01. The largest absolute Gasteiger partial charge is 0.385 e. The minimum atomic E-state index is -0.0369. The molecule has 0 amide bonds. The van der Waals surface area contributed by atoms with Crippen molar-refractivity contribution in [3.05, 3.63) is 287 Å². The molecule has 448 valence electrons. The van der Waals surface area contributed by atoms with Crippen LogP contribution in [0.25, 0.3) is 38.6 Å². The summed E-state index contributed by atoms with van der Waals surface area (Å²) in [5.74, 6) is 0. The lowest BCUT2D eigenvalue weighted by molar-refractivity contribution is 0.0832. The van der Waals surface area contributed by atoms with Crippen LogP contribution in [0.1, 0.15) is 81.0 Å². The average Bonchev–Trinajstić information content (AvgIpc) is 1.90. The van der Waals surface area contributed by atoms with Crippen LogP contribution in [0.2, 0.25) is 0 Å². The van der Waals surface area contributed by atoms with Crippen molar-refractivity contribution in [3.63, 3.8) is 0 Å². The molecular formula is C78H85N3O4S2. The Morgan fingerprint density at radius 3 is 2.18 bits per heavy atom. The van der Waals surface area contributed by atoms with Crippen molar-refractivity contribution in [1.29, 1.82) is 0 Å². The van der Waals surface area contributed by atoms with Gasteiger partial charge in [0.05, 0.1) is 43.2 Å². The summed E-state index contributed by atoms with van der Waals surface area (Å²) in [7, 11) is 3.43. The van der Waals surface area contributed by atoms with Crippen LogP contribution in [0.4, 0.5) is 27.1 Å². The molecule has 0 fully saturated rings. The molecule has 0 N–H and O–H groups in total. The molecule has 1 atom stereocenters. The zero-order chi connectivity index (χ0) is 61.2. The van der Waals surface area contributed by atoms with E-state index in [2.05, 4.69) is 272 Å². The van der Waals surface area contributed by atoms with Crippen molar-refractivity contribution in [2.45, 2.75) is 73.5 Å². The molecule has 0 aliphatic heterocycles. The van der Waals surface area contributed by atoms with E-state index in [-0.39, 0.29) is 6.04 Å². The molecule has 10 rings (SSSR count). The molecule has 1 unspecified atom stereocenters. The second-order valence-corrected chi connectivity index (χ2v) is 22.6. The minimum absolute atomic E-state index is 0.0369. The second kappa shape index (κ2) is 34.3. The van der Waals surface area contributed by atoms with Gasteiger partial charge in [-0.2, -0.15) is 0 Å². The number of hydrogen-bond donors (Lipinski definition) is 0. The van der Waals surface area contributed by atoms with Crippen LogP contribution in [-0.2, 0) is 25.6 Å². The Morgan fingerprint density at radius 1 is 0.667 bits per heavy atom. The topological polar surface area (TPSA) is 46.6 Å². The van der Waals surface area contributed by atoms with Gasteiger partial charge in [-0.15, -0.1) is 22.7 Å². The number of nitrogens with zero attached hydrogens (tertiary/aromatic N) is 3. The Morgan fingerprint density at radius 2 is 1.40 bits per heavy atom. The Labute approximate surface area is 526 Å². The molecule has 9 heteroatoms. The highest BCUT2D eigenvalue weighted by Crippen LogP contribution is 2.46. The van der Waals surface area contributed by atoms with Crippen molar-refractivity contribution in [1.82, 2.24) is 0 Å². The predicted octanol–water partition coefficient (Wildman–Crippen LogP) is 21.4. The van der Waals surface area contributed by atoms with Crippen molar-refractivity contribution >= 4 is 88.3 Å². The van der Waals surface area contributed by atoms with E-state index < -0.39 is 0 Å². The molecule has 8 aromatic rings. The molecule has 6 aromatic carbocycles. The monoisotopic (exact) mass is 1190 g/mol. The quantitative estimate of drug-likeness (QED) is 0.0395. The number of allylic oxidation sites excluding steroid dienone is 11. The summed E-state index contributed by atoms with van der Waals surface area (Å²) in [6.07, 6.45) is 33.6. The molecule has 0 spiro atoms. The summed E-state index contributed by atoms with van der Waals surface area (Å²) in [4.78, 5) is 8.43. The lowest BCUT2D eigenvalue weighted by Crippen LogP contribution is -2.30. The smallest absolute Gasteiger partial charge is 0.101 e.